The van der Waals surface area contributed by atoms with Gasteiger partial charge in [-0.3, -0.25) is 4.79 Å². The number of nitrogens with one attached hydrogen (secondary N) is 1. The van der Waals surface area contributed by atoms with E-state index in [0.717, 1.165) is 4.90 Å². The minimum absolute atomic E-state index is 0.0964. The van der Waals surface area contributed by atoms with Crippen molar-refractivity contribution in [2.75, 3.05) is 31.5 Å². The molecule has 0 saturated carbocycles. The largest absolute Gasteiger partial charge is 0.354 e. The monoisotopic (exact) mass is 321 g/mol. The Labute approximate surface area is 147 Å². The van der Waals surface area contributed by atoms with Gasteiger partial charge in [0.15, 0.2) is 0 Å². The minimum Gasteiger partial charge on any atom is -0.354 e. The van der Waals surface area contributed by atoms with E-state index in [1.807, 2.05) is 0 Å². The maximum Gasteiger partial charge on any atom is 0.302 e. The van der Waals surface area contributed by atoms with Crippen molar-refractivity contribution in [2.24, 2.45) is 5.89 Å². The lowest BCUT2D eigenvalue weighted by molar-refractivity contribution is -0.130. The van der Waals surface area contributed by atoms with Gasteiger partial charge < -0.3 is 19.6 Å². The molecular formula is C16H20N6O. The van der Waals surface area contributed by atoms with Gasteiger partial charge in [0, 0.05) is 35.9 Å². The highest BCUT2D eigenvalue weighted by molar-refractivity contribution is 5.87. The number of fused-ring (bicyclic) bond motifs is 1. The molecule has 2 aromatic heterocycles. The second-order valence-corrected chi connectivity index (χ2v) is 5.03. The lowest BCUT2D eigenvalue weighted by atomic mass is 9.92. The van der Waals surface area contributed by atoms with Gasteiger partial charge in [0.05, 0.1) is 12.8 Å². The highest BCUT2D eigenvalue weighted by Crippen LogP contribution is 2.28. The fourth-order valence-corrected chi connectivity index (χ4v) is 2.45. The van der Waals surface area contributed by atoms with Crippen LogP contribution in [0.5, 0.6) is 0 Å². The molecule has 1 amide bonds. The van der Waals surface area contributed by atoms with E-state index in [1.54, 1.807) is 0 Å². The van der Waals surface area contributed by atoms with Crippen molar-refractivity contribution in [2.45, 2.75) is 19.3 Å². The normalized spacial score (nSPS) is 34.4. The number of aromatic amines is 1. The fraction of sp³-hybridized carbons (Fsp3) is 0.500. The fourth-order valence-electron chi connectivity index (χ4n) is 2.45. The summed E-state index contributed by atoms with van der Waals surface area (Å²) in [6.45, 7) is -0.905. The summed E-state index contributed by atoms with van der Waals surface area (Å²) in [6, 6.07) is -1.32. The van der Waals surface area contributed by atoms with Crippen LogP contribution >= 0.6 is 0 Å². The zero-order valence-electron chi connectivity index (χ0n) is 21.1. The molecule has 23 heavy (non-hydrogen) atoms. The van der Waals surface area contributed by atoms with Gasteiger partial charge in [-0.05, 0) is 18.4 Å². The quantitative estimate of drug-likeness (QED) is 0.871. The number of nitrogens with zero attached hydrogens (tertiary/aromatic N) is 5. The highest BCUT2D eigenvalue weighted by Gasteiger charge is 2.33. The number of amides is 1. The summed E-state index contributed by atoms with van der Waals surface area (Å²) < 4.78 is 74.0. The summed E-state index contributed by atoms with van der Waals surface area (Å²) in [4.78, 5) is 27.3. The van der Waals surface area contributed by atoms with Crippen molar-refractivity contribution in [1.29, 1.82) is 0 Å². The molecule has 1 aliphatic rings. The third-order valence-electron chi connectivity index (χ3n) is 3.65. The van der Waals surface area contributed by atoms with Crippen LogP contribution in [0.4, 0.5) is 5.82 Å². The maximum absolute atomic E-state index is 12.4. The van der Waals surface area contributed by atoms with Gasteiger partial charge in [-0.2, -0.15) is 0 Å². The third kappa shape index (κ3) is 2.84. The number of likely N-dealkylation sites (tertiary alicyclic amines) is 1. The van der Waals surface area contributed by atoms with E-state index in [1.165, 1.54) is 12.3 Å². The van der Waals surface area contributed by atoms with Crippen LogP contribution in [0.1, 0.15) is 25.6 Å². The number of carbonyl (C=O) groups is 1. The first-order valence-corrected chi connectivity index (χ1v) is 6.89. The van der Waals surface area contributed by atoms with Gasteiger partial charge in [-0.25, -0.2) is 16.5 Å². The number of H-pyrrole nitrogens is 1. The Kier molecular flexibility index (Phi) is 2.11. The molecule has 120 valence electrons. The summed E-state index contributed by atoms with van der Waals surface area (Å²) >= 11 is 0. The standard InChI is InChI=1S/C16H20N6O/c1-11-5-7-22(14(23)8-17-2)9-13(11)21(3)16-12-4-6-18-15(12)19-10-20-16/h4,6,10-11,13H,5,7-9H2,1,3H3,(H,18,19,20)/t11-,13+/m1/s1/i1D3,3D3,10D,11D,13D. The number of piperidine rings is 1. The molecule has 0 aliphatic carbocycles. The van der Waals surface area contributed by atoms with Gasteiger partial charge in [0.1, 0.15) is 19.1 Å². The zero-order chi connectivity index (χ0) is 24.1. The Hall–Kier alpha value is -2.62. The average molecular weight is 321 g/mol. The number of carbonyl (C=O) groups excluding carboxylic acids is 1. The lowest BCUT2D eigenvalue weighted by Gasteiger charge is -2.41. The van der Waals surface area contributed by atoms with Crippen LogP contribution in [0.3, 0.4) is 0 Å². The molecule has 2 atom stereocenters. The highest BCUT2D eigenvalue weighted by atomic mass is 16.2. The van der Waals surface area contributed by atoms with Crippen LogP contribution in [0.2, 0.25) is 0 Å². The Morgan fingerprint density at radius 3 is 3.43 bits per heavy atom. The molecule has 0 unspecified atom stereocenters. The number of likely N-dealkylation sites (N-methyl/N-ethyl adjacent to an activating group) is 1. The first-order chi connectivity index (χ1) is 14.7. The molecule has 0 bridgehead atoms. The number of aromatic nitrogens is 3. The van der Waals surface area contributed by atoms with Crippen molar-refractivity contribution in [1.82, 2.24) is 19.9 Å². The topological polar surface area (TPSA) is 69.5 Å². The summed E-state index contributed by atoms with van der Waals surface area (Å²) in [5, 5.41) is 0.112. The number of rotatable bonds is 3. The van der Waals surface area contributed by atoms with Crippen LogP contribution in [-0.2, 0) is 4.79 Å². The first kappa shape index (κ1) is 7.77. The maximum atomic E-state index is 12.4. The van der Waals surface area contributed by atoms with Gasteiger partial charge in [0.2, 0.25) is 0 Å². The zero-order valence-corrected chi connectivity index (χ0v) is 12.1. The SMILES string of the molecule is [2H]c1nc(N(C([2H])([2H])[2H])[C@@]2([2H])CN(C(=O)C[N+]#[C-])CC[C@@]2([2H])C([2H])([2H])[2H])c2cc[nH]c2n1. The molecule has 1 aliphatic heterocycles. The van der Waals surface area contributed by atoms with E-state index in [9.17, 15) is 4.79 Å². The predicted molar refractivity (Wildman–Crippen MR) is 87.9 cm³/mol. The molecule has 0 aromatic carbocycles. The number of anilines is 1. The molecule has 1 saturated heterocycles. The Bertz CT molecular complexity index is 1080. The molecule has 7 heteroatoms. The van der Waals surface area contributed by atoms with Gasteiger partial charge in [-0.1, -0.05) is 6.85 Å². The van der Waals surface area contributed by atoms with Crippen LogP contribution in [0, 0.1) is 12.5 Å². The molecule has 0 radical (unpaired) electrons. The molecule has 3 rings (SSSR count). The van der Waals surface area contributed by atoms with E-state index in [-0.39, 0.29) is 17.6 Å². The van der Waals surface area contributed by atoms with Gasteiger partial charge in [0.25, 0.3) is 6.54 Å². The molecule has 1 fully saturated rings. The minimum atomic E-state index is -3.17. The lowest BCUT2D eigenvalue weighted by Crippen LogP contribution is -2.53. The molecular weight excluding hydrogens is 292 g/mol. The molecule has 3 heterocycles. The first-order valence-electron chi connectivity index (χ1n) is 11.4. The average Bonchev–Trinajstić information content (AvgIpc) is 3.10. The van der Waals surface area contributed by atoms with Gasteiger partial charge in [-0.15, -0.1) is 0 Å². The second-order valence-electron chi connectivity index (χ2n) is 5.03. The summed E-state index contributed by atoms with van der Waals surface area (Å²) in [6.07, 6.45) is 0.313. The molecule has 1 N–H and O–H groups in total. The Morgan fingerprint density at radius 1 is 1.74 bits per heavy atom. The number of hydrogen-bond acceptors (Lipinski definition) is 4. The Morgan fingerprint density at radius 2 is 2.65 bits per heavy atom. The smallest absolute Gasteiger partial charge is 0.302 e. The number of hydrogen-bond donors (Lipinski definition) is 1. The Balaban J connectivity index is 2.30. The third-order valence-corrected chi connectivity index (χ3v) is 3.65. The molecule has 0 spiro atoms. The van der Waals surface area contributed by atoms with Gasteiger partial charge >= 0.3 is 5.91 Å². The van der Waals surface area contributed by atoms with Crippen LogP contribution in [0.15, 0.2) is 18.6 Å². The van der Waals surface area contributed by atoms with E-state index >= 15 is 0 Å². The van der Waals surface area contributed by atoms with Crippen LogP contribution in [-0.4, -0.2) is 58.4 Å². The van der Waals surface area contributed by atoms with Crippen LogP contribution in [0.25, 0.3) is 15.9 Å². The summed E-state index contributed by atoms with van der Waals surface area (Å²) in [5.41, 5.74) is 0.0964. The van der Waals surface area contributed by atoms with Crippen molar-refractivity contribution in [3.05, 3.63) is 30.0 Å². The predicted octanol–water partition coefficient (Wildman–Crippen LogP) is 1.55. The molecule has 7 nitrogen and oxygen atoms in total. The van der Waals surface area contributed by atoms with E-state index in [0.29, 0.717) is 4.90 Å². The van der Waals surface area contributed by atoms with E-state index < -0.39 is 63.3 Å². The van der Waals surface area contributed by atoms with Crippen molar-refractivity contribution in [3.8, 4) is 0 Å². The van der Waals surface area contributed by atoms with Crippen molar-refractivity contribution >= 4 is 22.8 Å². The second kappa shape index (κ2) is 6.24. The van der Waals surface area contributed by atoms with Crippen LogP contribution < -0.4 is 4.90 Å². The molecule has 2 aromatic rings. The van der Waals surface area contributed by atoms with Crippen molar-refractivity contribution in [3.63, 3.8) is 0 Å². The summed E-state index contributed by atoms with van der Waals surface area (Å²) in [5.74, 6) is -3.76. The summed E-state index contributed by atoms with van der Waals surface area (Å²) in [7, 11) is 0. The van der Waals surface area contributed by atoms with Crippen molar-refractivity contribution < 1.29 is 17.1 Å². The van der Waals surface area contributed by atoms with E-state index in [4.69, 9.17) is 18.9 Å². The van der Waals surface area contributed by atoms with E-state index in [2.05, 4.69) is 19.8 Å².